The molecule has 0 amide bonds. The number of rotatable bonds is 4. The molecule has 9 heteroatoms. The van der Waals surface area contributed by atoms with Crippen LogP contribution in [0.15, 0.2) is 47.3 Å². The number of aromatic nitrogens is 1. The zero-order valence-corrected chi connectivity index (χ0v) is 16.0. The Bertz CT molecular complexity index is 1320. The highest BCUT2D eigenvalue weighted by Gasteiger charge is 2.27. The predicted octanol–water partition coefficient (Wildman–Crippen LogP) is 2.57. The van der Waals surface area contributed by atoms with Gasteiger partial charge in [0.15, 0.2) is 0 Å². The molecule has 2 aromatic carbocycles. The lowest BCUT2D eigenvalue weighted by Gasteiger charge is -2.13. The van der Waals surface area contributed by atoms with E-state index in [0.717, 1.165) is 18.2 Å². The molecule has 0 spiro atoms. The first kappa shape index (κ1) is 21.1. The highest BCUT2D eigenvalue weighted by molar-refractivity contribution is 6.08. The van der Waals surface area contributed by atoms with Crippen LogP contribution in [-0.2, 0) is 0 Å². The Kier molecular flexibility index (Phi) is 5.74. The molecule has 1 heterocycles. The van der Waals surface area contributed by atoms with Gasteiger partial charge in [-0.3, -0.25) is 4.79 Å². The quantitative estimate of drug-likeness (QED) is 0.473. The van der Waals surface area contributed by atoms with Crippen LogP contribution in [0.3, 0.4) is 0 Å². The summed E-state index contributed by atoms with van der Waals surface area (Å²) in [6, 6.07) is 9.81. The Balaban J connectivity index is 2.31. The molecule has 0 fully saturated rings. The molecule has 5 N–H and O–H groups in total. The number of aromatic carboxylic acids is 2. The number of nitrogens with one attached hydrogen (secondary N) is 1. The first-order valence-electron chi connectivity index (χ1n) is 8.71. The van der Waals surface area contributed by atoms with Gasteiger partial charge < -0.3 is 25.7 Å². The van der Waals surface area contributed by atoms with Crippen molar-refractivity contribution in [3.63, 3.8) is 0 Å². The van der Waals surface area contributed by atoms with Crippen molar-refractivity contribution in [2.24, 2.45) is 0 Å². The lowest BCUT2D eigenvalue weighted by atomic mass is 9.92. The smallest absolute Gasteiger partial charge is 0.342 e. The molecule has 0 saturated heterocycles. The number of nitrogen functional groups attached to an aromatic ring is 1. The topological polar surface area (TPSA) is 143 Å². The third-order valence-corrected chi connectivity index (χ3v) is 4.35. The molecule has 0 saturated carbocycles. The highest BCUT2D eigenvalue weighted by atomic mass is 19.1. The molecule has 156 valence electrons. The number of anilines is 1. The minimum absolute atomic E-state index is 0.0224. The van der Waals surface area contributed by atoms with Crippen LogP contribution in [0.2, 0.25) is 0 Å². The van der Waals surface area contributed by atoms with Crippen LogP contribution in [0.4, 0.5) is 10.2 Å². The molecule has 3 rings (SSSR count). The molecule has 1 aromatic heterocycles. The maximum Gasteiger partial charge on any atom is 0.342 e. The molecular weight excluding hydrogens is 407 g/mol. The third-order valence-electron chi connectivity index (χ3n) is 4.35. The molecule has 3 aromatic rings. The molecule has 0 atom stereocenters. The fraction of sp³-hybridized carbons (Fsp3) is 0.0455. The van der Waals surface area contributed by atoms with Gasteiger partial charge in [-0.05, 0) is 42.0 Å². The molecule has 0 radical (unpaired) electrons. The minimum Gasteiger partial charge on any atom is -0.497 e. The number of hydrogen-bond donors (Lipinski definition) is 4. The van der Waals surface area contributed by atoms with Crippen molar-refractivity contribution >= 4 is 17.8 Å². The fourth-order valence-corrected chi connectivity index (χ4v) is 2.97. The van der Waals surface area contributed by atoms with Crippen LogP contribution in [0, 0.1) is 17.7 Å². The number of H-pyrrole nitrogens is 1. The molecule has 8 nitrogen and oxygen atoms in total. The average Bonchev–Trinajstić information content (AvgIpc) is 2.71. The van der Waals surface area contributed by atoms with E-state index < -0.39 is 45.8 Å². The van der Waals surface area contributed by atoms with E-state index in [1.165, 1.54) is 7.11 Å². The van der Waals surface area contributed by atoms with E-state index in [-0.39, 0.29) is 11.1 Å². The second kappa shape index (κ2) is 8.42. The second-order valence-corrected chi connectivity index (χ2v) is 6.27. The van der Waals surface area contributed by atoms with Gasteiger partial charge in [0, 0.05) is 16.7 Å². The van der Waals surface area contributed by atoms with Gasteiger partial charge in [-0.25, -0.2) is 14.0 Å². The summed E-state index contributed by atoms with van der Waals surface area (Å²) in [6.45, 7) is 0. The van der Waals surface area contributed by atoms with Gasteiger partial charge in [0.1, 0.15) is 28.5 Å². The number of carboxylic acid groups (broad SMARTS) is 2. The number of benzene rings is 2. The summed E-state index contributed by atoms with van der Waals surface area (Å²) in [7, 11) is 1.51. The van der Waals surface area contributed by atoms with Gasteiger partial charge in [0.25, 0.3) is 5.56 Å². The van der Waals surface area contributed by atoms with Crippen molar-refractivity contribution in [2.45, 2.75) is 0 Å². The minimum atomic E-state index is -1.67. The first-order chi connectivity index (χ1) is 14.7. The van der Waals surface area contributed by atoms with E-state index >= 15 is 0 Å². The van der Waals surface area contributed by atoms with Crippen LogP contribution >= 0.6 is 0 Å². The van der Waals surface area contributed by atoms with Crippen LogP contribution < -0.4 is 16.0 Å². The van der Waals surface area contributed by atoms with Crippen molar-refractivity contribution in [1.29, 1.82) is 0 Å². The number of nitrogens with two attached hydrogens (primary N) is 1. The lowest BCUT2D eigenvalue weighted by molar-refractivity contribution is 0.0695. The Hall–Kier alpha value is -4.58. The van der Waals surface area contributed by atoms with Crippen molar-refractivity contribution in [1.82, 2.24) is 4.98 Å². The van der Waals surface area contributed by atoms with Gasteiger partial charge in [-0.2, -0.15) is 0 Å². The molecule has 0 aliphatic carbocycles. The summed E-state index contributed by atoms with van der Waals surface area (Å²) in [5.41, 5.74) is 3.09. The van der Waals surface area contributed by atoms with Crippen molar-refractivity contribution in [3.8, 4) is 28.7 Å². The monoisotopic (exact) mass is 422 g/mol. The number of hydrogen-bond acceptors (Lipinski definition) is 5. The number of halogens is 1. The molecule has 31 heavy (non-hydrogen) atoms. The first-order valence-corrected chi connectivity index (χ1v) is 8.71. The van der Waals surface area contributed by atoms with E-state index in [1.807, 2.05) is 4.98 Å². The standard InChI is InChI=1S/C22H15FN2O6/c1-31-14-7-3-11(4-8-14)2-5-12-10-13(23)6-9-15(12)16-17(21(27)28)19(24)25-20(26)18(16)22(29)30/h3-4,6-10H,1H3,(H,27,28)(H,29,30)(H3,24,25,26). The van der Waals surface area contributed by atoms with Gasteiger partial charge in [-0.1, -0.05) is 17.9 Å². The summed E-state index contributed by atoms with van der Waals surface area (Å²) >= 11 is 0. The summed E-state index contributed by atoms with van der Waals surface area (Å²) in [5.74, 6) is 1.65. The zero-order chi connectivity index (χ0) is 22.7. The number of carbonyl (C=O) groups is 2. The number of methoxy groups -OCH3 is 1. The van der Waals surface area contributed by atoms with Gasteiger partial charge in [0.2, 0.25) is 0 Å². The Morgan fingerprint density at radius 2 is 1.68 bits per heavy atom. The van der Waals surface area contributed by atoms with Crippen molar-refractivity contribution < 1.29 is 28.9 Å². The Labute approximate surface area is 174 Å². The number of carboxylic acids is 2. The van der Waals surface area contributed by atoms with Crippen LogP contribution in [0.5, 0.6) is 5.75 Å². The van der Waals surface area contributed by atoms with Gasteiger partial charge >= 0.3 is 11.9 Å². The third kappa shape index (κ3) is 4.23. The van der Waals surface area contributed by atoms with Crippen molar-refractivity contribution in [2.75, 3.05) is 12.8 Å². The lowest BCUT2D eigenvalue weighted by Crippen LogP contribution is -2.24. The normalized spacial score (nSPS) is 10.1. The summed E-state index contributed by atoms with van der Waals surface area (Å²) < 4.78 is 19.0. The number of pyridine rings is 1. The maximum atomic E-state index is 14.0. The molecule has 0 bridgehead atoms. The van der Waals surface area contributed by atoms with E-state index in [0.29, 0.717) is 11.3 Å². The Morgan fingerprint density at radius 3 is 2.26 bits per heavy atom. The van der Waals surface area contributed by atoms with Crippen LogP contribution in [-0.4, -0.2) is 34.2 Å². The SMILES string of the molecule is COc1ccc(C#Cc2cc(F)ccc2-c2c(C(=O)O)c(N)[nH]c(=O)c2C(=O)O)cc1. The van der Waals surface area contributed by atoms with Gasteiger partial charge in [0.05, 0.1) is 7.11 Å². The van der Waals surface area contributed by atoms with E-state index in [1.54, 1.807) is 24.3 Å². The fourth-order valence-electron chi connectivity index (χ4n) is 2.97. The Morgan fingerprint density at radius 1 is 1.03 bits per heavy atom. The maximum absolute atomic E-state index is 14.0. The van der Waals surface area contributed by atoms with E-state index in [2.05, 4.69) is 11.8 Å². The number of aromatic amines is 1. The van der Waals surface area contributed by atoms with Crippen LogP contribution in [0.25, 0.3) is 11.1 Å². The number of ether oxygens (including phenoxy) is 1. The largest absolute Gasteiger partial charge is 0.497 e. The highest BCUT2D eigenvalue weighted by Crippen LogP contribution is 2.32. The van der Waals surface area contributed by atoms with Crippen LogP contribution in [0.1, 0.15) is 31.8 Å². The second-order valence-electron chi connectivity index (χ2n) is 6.27. The average molecular weight is 422 g/mol. The van der Waals surface area contributed by atoms with E-state index in [4.69, 9.17) is 10.5 Å². The predicted molar refractivity (Wildman–Crippen MR) is 110 cm³/mol. The zero-order valence-electron chi connectivity index (χ0n) is 16.0. The molecule has 0 unspecified atom stereocenters. The molecular formula is C22H15FN2O6. The molecule has 0 aliphatic rings. The van der Waals surface area contributed by atoms with Gasteiger partial charge in [-0.15, -0.1) is 0 Å². The van der Waals surface area contributed by atoms with Crippen molar-refractivity contribution in [3.05, 3.63) is 80.9 Å². The molecule has 0 aliphatic heterocycles. The summed E-state index contributed by atoms with van der Waals surface area (Å²) in [5, 5.41) is 19.1. The summed E-state index contributed by atoms with van der Waals surface area (Å²) in [4.78, 5) is 37.8. The summed E-state index contributed by atoms with van der Waals surface area (Å²) in [6.07, 6.45) is 0. The van der Waals surface area contributed by atoms with E-state index in [9.17, 15) is 29.0 Å².